The van der Waals surface area contributed by atoms with Crippen molar-refractivity contribution in [2.45, 2.75) is 12.8 Å². The van der Waals surface area contributed by atoms with E-state index >= 15 is 0 Å². The second kappa shape index (κ2) is 2.86. The van der Waals surface area contributed by atoms with E-state index in [-0.39, 0.29) is 0 Å². The van der Waals surface area contributed by atoms with E-state index < -0.39 is 0 Å². The highest BCUT2D eigenvalue weighted by Crippen LogP contribution is 2.28. The lowest BCUT2D eigenvalue weighted by molar-refractivity contribution is 0.886. The highest BCUT2D eigenvalue weighted by atomic mass is 14.9. The Morgan fingerprint density at radius 3 is 2.73 bits per heavy atom. The first-order valence-corrected chi connectivity index (χ1v) is 3.94. The molecule has 1 aromatic rings. The van der Waals surface area contributed by atoms with Gasteiger partial charge in [0, 0.05) is 6.54 Å². The maximum atomic E-state index is 3.91. The molecule has 0 saturated heterocycles. The quantitative estimate of drug-likeness (QED) is 0.703. The van der Waals surface area contributed by atoms with Crippen LogP contribution in [0.25, 0.3) is 0 Å². The molecule has 1 fully saturated rings. The lowest BCUT2D eigenvalue weighted by atomic mass is 10.4. The lowest BCUT2D eigenvalue weighted by Gasteiger charge is -2.01. The van der Waals surface area contributed by atoms with Crippen molar-refractivity contribution >= 4 is 5.69 Å². The number of hydrogen-bond donors (Lipinski definition) is 1. The highest BCUT2D eigenvalue weighted by Gasteiger charge is 2.20. The fourth-order valence-electron chi connectivity index (χ4n) is 0.975. The van der Waals surface area contributed by atoms with E-state index in [1.165, 1.54) is 12.8 Å². The van der Waals surface area contributed by atoms with Crippen molar-refractivity contribution in [2.24, 2.45) is 5.92 Å². The van der Waals surface area contributed by atoms with Gasteiger partial charge < -0.3 is 5.32 Å². The summed E-state index contributed by atoms with van der Waals surface area (Å²) in [6.45, 7) is 1.08. The number of aromatic nitrogens is 2. The fourth-order valence-corrected chi connectivity index (χ4v) is 0.975. The first kappa shape index (κ1) is 6.58. The Balaban J connectivity index is 1.85. The number of nitrogens with one attached hydrogen (secondary N) is 1. The average molecular weight is 149 g/mol. The molecule has 3 nitrogen and oxygen atoms in total. The zero-order valence-electron chi connectivity index (χ0n) is 6.33. The summed E-state index contributed by atoms with van der Waals surface area (Å²) in [6, 6.07) is 0. The van der Waals surface area contributed by atoms with Gasteiger partial charge in [0.2, 0.25) is 0 Å². The molecule has 0 bridgehead atoms. The maximum absolute atomic E-state index is 3.91. The monoisotopic (exact) mass is 149 g/mol. The molecule has 0 radical (unpaired) electrons. The van der Waals surface area contributed by atoms with E-state index in [0.717, 1.165) is 18.2 Å². The molecule has 1 heterocycles. The van der Waals surface area contributed by atoms with E-state index in [9.17, 15) is 0 Å². The van der Waals surface area contributed by atoms with Gasteiger partial charge in [-0.3, -0.25) is 0 Å². The van der Waals surface area contributed by atoms with Crippen molar-refractivity contribution in [1.29, 1.82) is 0 Å². The first-order chi connectivity index (χ1) is 5.45. The molecule has 0 unspecified atom stereocenters. The summed E-state index contributed by atoms with van der Waals surface area (Å²) in [5.41, 5.74) is 1.03. The summed E-state index contributed by atoms with van der Waals surface area (Å²) in [5, 5.41) is 3.28. The molecule has 2 rings (SSSR count). The van der Waals surface area contributed by atoms with Crippen LogP contribution in [-0.4, -0.2) is 16.5 Å². The number of hydrogen-bond acceptors (Lipinski definition) is 3. The molecule has 1 aliphatic rings. The molecular weight excluding hydrogens is 138 g/mol. The van der Waals surface area contributed by atoms with Gasteiger partial charge >= 0.3 is 0 Å². The highest BCUT2D eigenvalue weighted by molar-refractivity contribution is 5.37. The molecule has 0 spiro atoms. The normalized spacial score (nSPS) is 16.4. The molecule has 0 amide bonds. The van der Waals surface area contributed by atoms with Crippen molar-refractivity contribution in [1.82, 2.24) is 9.97 Å². The van der Waals surface area contributed by atoms with Crippen molar-refractivity contribution in [3.05, 3.63) is 18.7 Å². The van der Waals surface area contributed by atoms with Crippen LogP contribution >= 0.6 is 0 Å². The smallest absolute Gasteiger partial charge is 0.115 e. The van der Waals surface area contributed by atoms with E-state index in [1.807, 2.05) is 0 Å². The second-order valence-electron chi connectivity index (χ2n) is 2.95. The Morgan fingerprint density at radius 1 is 1.36 bits per heavy atom. The summed E-state index contributed by atoms with van der Waals surface area (Å²) in [4.78, 5) is 7.82. The summed E-state index contributed by atoms with van der Waals surface area (Å²) in [5.74, 6) is 0.898. The number of rotatable bonds is 3. The molecule has 1 aromatic heterocycles. The van der Waals surface area contributed by atoms with Gasteiger partial charge in [-0.2, -0.15) is 0 Å². The Morgan fingerprint density at radius 2 is 2.09 bits per heavy atom. The van der Waals surface area contributed by atoms with E-state index in [0.29, 0.717) is 0 Å². The summed E-state index contributed by atoms with van der Waals surface area (Å²) in [6.07, 6.45) is 7.90. The van der Waals surface area contributed by atoms with Gasteiger partial charge in [-0.1, -0.05) is 0 Å². The number of nitrogens with zero attached hydrogens (tertiary/aromatic N) is 2. The molecule has 1 N–H and O–H groups in total. The Labute approximate surface area is 65.9 Å². The van der Waals surface area contributed by atoms with Crippen LogP contribution in [0.3, 0.4) is 0 Å². The van der Waals surface area contributed by atoms with Crippen molar-refractivity contribution in [2.75, 3.05) is 11.9 Å². The Kier molecular flexibility index (Phi) is 1.71. The van der Waals surface area contributed by atoms with E-state index in [4.69, 9.17) is 0 Å². The van der Waals surface area contributed by atoms with Crippen LogP contribution in [0.2, 0.25) is 0 Å². The minimum Gasteiger partial charge on any atom is -0.382 e. The zero-order valence-corrected chi connectivity index (χ0v) is 6.33. The molecule has 1 aliphatic carbocycles. The molecule has 11 heavy (non-hydrogen) atoms. The van der Waals surface area contributed by atoms with Crippen LogP contribution < -0.4 is 5.32 Å². The third kappa shape index (κ3) is 1.90. The summed E-state index contributed by atoms with van der Waals surface area (Å²) < 4.78 is 0. The van der Waals surface area contributed by atoms with Crippen molar-refractivity contribution in [3.8, 4) is 0 Å². The molecule has 0 aromatic carbocycles. The molecule has 0 aliphatic heterocycles. The fraction of sp³-hybridized carbons (Fsp3) is 0.500. The van der Waals surface area contributed by atoms with Gasteiger partial charge in [0.25, 0.3) is 0 Å². The topological polar surface area (TPSA) is 37.8 Å². The van der Waals surface area contributed by atoms with Gasteiger partial charge in [-0.25, -0.2) is 9.97 Å². The lowest BCUT2D eigenvalue weighted by Crippen LogP contribution is -2.03. The zero-order chi connectivity index (χ0) is 7.52. The van der Waals surface area contributed by atoms with Crippen LogP contribution in [0.15, 0.2) is 18.7 Å². The van der Waals surface area contributed by atoms with Gasteiger partial charge in [0.1, 0.15) is 6.33 Å². The molecule has 3 heteroatoms. The summed E-state index contributed by atoms with van der Waals surface area (Å²) in [7, 11) is 0. The van der Waals surface area contributed by atoms with Gasteiger partial charge in [-0.05, 0) is 18.8 Å². The SMILES string of the molecule is c1ncc(NCC2CC2)cn1. The van der Waals surface area contributed by atoms with Crippen LogP contribution in [0.4, 0.5) is 5.69 Å². The van der Waals surface area contributed by atoms with Crippen molar-refractivity contribution in [3.63, 3.8) is 0 Å². The molecule has 0 atom stereocenters. The van der Waals surface area contributed by atoms with E-state index in [2.05, 4.69) is 15.3 Å². The van der Waals surface area contributed by atoms with Crippen LogP contribution in [-0.2, 0) is 0 Å². The van der Waals surface area contributed by atoms with Crippen LogP contribution in [0.5, 0.6) is 0 Å². The van der Waals surface area contributed by atoms with Crippen molar-refractivity contribution < 1.29 is 0 Å². The minimum atomic E-state index is 0.898. The minimum absolute atomic E-state index is 0.898. The maximum Gasteiger partial charge on any atom is 0.115 e. The van der Waals surface area contributed by atoms with E-state index in [1.54, 1.807) is 18.7 Å². The predicted molar refractivity (Wildman–Crippen MR) is 43.2 cm³/mol. The molecule has 1 saturated carbocycles. The van der Waals surface area contributed by atoms with Crippen LogP contribution in [0.1, 0.15) is 12.8 Å². The molecule has 58 valence electrons. The Hall–Kier alpha value is -1.12. The second-order valence-corrected chi connectivity index (χ2v) is 2.95. The Bertz CT molecular complexity index is 218. The van der Waals surface area contributed by atoms with Gasteiger partial charge in [0.15, 0.2) is 0 Å². The number of anilines is 1. The summed E-state index contributed by atoms with van der Waals surface area (Å²) >= 11 is 0. The third-order valence-corrected chi connectivity index (χ3v) is 1.85. The first-order valence-electron chi connectivity index (χ1n) is 3.94. The largest absolute Gasteiger partial charge is 0.382 e. The predicted octanol–water partition coefficient (Wildman–Crippen LogP) is 1.30. The van der Waals surface area contributed by atoms with Gasteiger partial charge in [0.05, 0.1) is 18.1 Å². The molecular formula is C8H11N3. The standard InChI is InChI=1S/C8H11N3/c1-2-7(1)3-11-8-4-9-6-10-5-8/h4-7,11H,1-3H2. The third-order valence-electron chi connectivity index (χ3n) is 1.85. The van der Waals surface area contributed by atoms with Gasteiger partial charge in [-0.15, -0.1) is 0 Å². The average Bonchev–Trinajstić information content (AvgIpc) is 2.86. The van der Waals surface area contributed by atoms with Crippen LogP contribution in [0, 0.1) is 5.92 Å².